The van der Waals surface area contributed by atoms with Gasteiger partial charge in [0.25, 0.3) is 10.0 Å². The highest BCUT2D eigenvalue weighted by Gasteiger charge is 2.33. The highest BCUT2D eigenvalue weighted by molar-refractivity contribution is 7.92. The van der Waals surface area contributed by atoms with E-state index in [0.717, 1.165) is 4.31 Å². The molecule has 0 spiro atoms. The van der Waals surface area contributed by atoms with Crippen LogP contribution >= 0.6 is 23.2 Å². The summed E-state index contributed by atoms with van der Waals surface area (Å²) < 4.78 is 34.3. The van der Waals surface area contributed by atoms with Crippen molar-refractivity contribution in [1.29, 1.82) is 0 Å². The lowest BCUT2D eigenvalue weighted by Crippen LogP contribution is -2.51. The maximum absolute atomic E-state index is 14.0. The third kappa shape index (κ3) is 8.61. The Hall–Kier alpha value is -3.27. The minimum atomic E-state index is -4.21. The summed E-state index contributed by atoms with van der Waals surface area (Å²) in [5.41, 5.74) is 0.880. The summed E-state index contributed by atoms with van der Waals surface area (Å²) in [6.07, 6.45) is 0. The molecule has 3 rings (SSSR count). The number of nitrogens with one attached hydrogen (secondary N) is 1. The van der Waals surface area contributed by atoms with Gasteiger partial charge in [-0.15, -0.1) is 0 Å². The lowest BCUT2D eigenvalue weighted by atomic mass is 10.1. The van der Waals surface area contributed by atoms with E-state index in [2.05, 4.69) is 5.32 Å². The number of carbonyl (C=O) groups excluding carboxylic acids is 2. The summed E-state index contributed by atoms with van der Waals surface area (Å²) in [4.78, 5) is 28.4. The normalized spacial score (nSPS) is 12.1. The number of anilines is 1. The van der Waals surface area contributed by atoms with E-state index in [1.165, 1.54) is 29.2 Å². The molecule has 0 aromatic heterocycles. The van der Waals surface area contributed by atoms with E-state index in [1.807, 2.05) is 20.8 Å². The fourth-order valence-electron chi connectivity index (χ4n) is 3.98. The summed E-state index contributed by atoms with van der Waals surface area (Å²) in [5, 5.41) is 3.66. The smallest absolute Gasteiger partial charge is 0.264 e. The van der Waals surface area contributed by atoms with Gasteiger partial charge in [0, 0.05) is 23.1 Å². The summed E-state index contributed by atoms with van der Waals surface area (Å²) >= 11 is 12.4. The molecule has 41 heavy (non-hydrogen) atoms. The van der Waals surface area contributed by atoms with Crippen LogP contribution in [0.25, 0.3) is 0 Å². The van der Waals surface area contributed by atoms with Crippen molar-refractivity contribution < 1.29 is 22.7 Å². The summed E-state index contributed by atoms with van der Waals surface area (Å²) in [6, 6.07) is 18.2. The van der Waals surface area contributed by atoms with Crippen molar-refractivity contribution in [1.82, 2.24) is 10.2 Å². The van der Waals surface area contributed by atoms with Crippen molar-refractivity contribution in [3.8, 4) is 5.75 Å². The Bertz CT molecular complexity index is 1430. The Kier molecular flexibility index (Phi) is 11.5. The van der Waals surface area contributed by atoms with Crippen LogP contribution in [0, 0.1) is 5.92 Å². The summed E-state index contributed by atoms with van der Waals surface area (Å²) in [6.45, 7) is 7.70. The van der Waals surface area contributed by atoms with Gasteiger partial charge in [-0.05, 0) is 79.9 Å². The molecule has 0 unspecified atom stereocenters. The monoisotopic (exact) mass is 619 g/mol. The molecule has 8 nitrogen and oxygen atoms in total. The predicted octanol–water partition coefficient (Wildman–Crippen LogP) is 5.78. The predicted molar refractivity (Wildman–Crippen MR) is 163 cm³/mol. The zero-order valence-corrected chi connectivity index (χ0v) is 25.8. The van der Waals surface area contributed by atoms with E-state index in [0.29, 0.717) is 34.5 Å². The Morgan fingerprint density at radius 3 is 2.15 bits per heavy atom. The molecule has 220 valence electrons. The van der Waals surface area contributed by atoms with Crippen LogP contribution in [-0.2, 0) is 26.2 Å². The first-order chi connectivity index (χ1) is 19.4. The first-order valence-electron chi connectivity index (χ1n) is 13.3. The minimum Gasteiger partial charge on any atom is -0.494 e. The molecule has 0 heterocycles. The Morgan fingerprint density at radius 1 is 0.927 bits per heavy atom. The SMILES string of the molecule is CCOc1ccc(N(CC(=O)N(Cc2ccccc2Cl)[C@H](C)C(=O)NCC(C)C)S(=O)(=O)c2ccc(Cl)cc2)cc1. The number of carbonyl (C=O) groups is 2. The molecule has 1 atom stereocenters. The second-order valence-corrected chi connectivity index (χ2v) is 12.5. The van der Waals surface area contributed by atoms with Gasteiger partial charge >= 0.3 is 0 Å². The van der Waals surface area contributed by atoms with Crippen molar-refractivity contribution in [3.63, 3.8) is 0 Å². The first-order valence-corrected chi connectivity index (χ1v) is 15.4. The second kappa shape index (κ2) is 14.6. The first kappa shape index (κ1) is 32.2. The van der Waals surface area contributed by atoms with E-state index in [1.54, 1.807) is 55.5 Å². The van der Waals surface area contributed by atoms with E-state index in [9.17, 15) is 18.0 Å². The number of sulfonamides is 1. The Morgan fingerprint density at radius 2 is 1.56 bits per heavy atom. The number of rotatable bonds is 13. The highest BCUT2D eigenvalue weighted by Crippen LogP contribution is 2.28. The molecule has 0 aliphatic rings. The molecule has 3 aromatic carbocycles. The van der Waals surface area contributed by atoms with Gasteiger partial charge < -0.3 is 15.0 Å². The van der Waals surface area contributed by atoms with Gasteiger partial charge in [0.2, 0.25) is 11.8 Å². The van der Waals surface area contributed by atoms with Gasteiger partial charge in [-0.3, -0.25) is 13.9 Å². The number of nitrogens with zero attached hydrogens (tertiary/aromatic N) is 2. The van der Waals surface area contributed by atoms with E-state index >= 15 is 0 Å². The largest absolute Gasteiger partial charge is 0.494 e. The van der Waals surface area contributed by atoms with Gasteiger partial charge in [0.05, 0.1) is 17.2 Å². The van der Waals surface area contributed by atoms with Gasteiger partial charge in [-0.25, -0.2) is 8.42 Å². The zero-order valence-electron chi connectivity index (χ0n) is 23.5. The fraction of sp³-hybridized carbons (Fsp3) is 0.333. The van der Waals surface area contributed by atoms with Crippen molar-refractivity contribution in [2.75, 3.05) is 24.0 Å². The highest BCUT2D eigenvalue weighted by atomic mass is 35.5. The standard InChI is InChI=1S/C30H35Cl2N3O5S/c1-5-40-26-14-12-25(13-15-26)35(41(38,39)27-16-10-24(31)11-17-27)20-29(36)34(19-23-8-6-7-9-28(23)32)22(4)30(37)33-18-21(2)3/h6-17,21-22H,5,18-20H2,1-4H3,(H,33,37)/t22-/m1/s1. The van der Waals surface area contributed by atoms with Crippen LogP contribution in [0.15, 0.2) is 77.7 Å². The van der Waals surface area contributed by atoms with Crippen molar-refractivity contribution in [3.05, 3.63) is 88.4 Å². The van der Waals surface area contributed by atoms with Crippen LogP contribution in [0.4, 0.5) is 5.69 Å². The maximum Gasteiger partial charge on any atom is 0.264 e. The molecule has 1 N–H and O–H groups in total. The van der Waals surface area contributed by atoms with Gasteiger partial charge in [0.15, 0.2) is 0 Å². The Balaban J connectivity index is 2.03. The van der Waals surface area contributed by atoms with Crippen LogP contribution in [0.5, 0.6) is 5.75 Å². The molecule has 2 amide bonds. The van der Waals surface area contributed by atoms with E-state index in [-0.39, 0.29) is 29.0 Å². The molecule has 0 saturated heterocycles. The molecular formula is C30H35Cl2N3O5S. The van der Waals surface area contributed by atoms with Crippen molar-refractivity contribution in [2.45, 2.75) is 45.2 Å². The number of benzene rings is 3. The number of hydrogen-bond acceptors (Lipinski definition) is 5. The molecule has 0 radical (unpaired) electrons. The van der Waals surface area contributed by atoms with Gasteiger partial charge in [0.1, 0.15) is 18.3 Å². The van der Waals surface area contributed by atoms with Crippen molar-refractivity contribution >= 4 is 50.7 Å². The summed E-state index contributed by atoms with van der Waals surface area (Å²) in [5.74, 6) is -0.170. The Labute approximate surface area is 252 Å². The molecular weight excluding hydrogens is 585 g/mol. The molecule has 0 fully saturated rings. The number of hydrogen-bond donors (Lipinski definition) is 1. The maximum atomic E-state index is 14.0. The molecule has 3 aromatic rings. The van der Waals surface area contributed by atoms with Gasteiger partial charge in [-0.1, -0.05) is 55.2 Å². The lowest BCUT2D eigenvalue weighted by molar-refractivity contribution is -0.139. The quantitative estimate of drug-likeness (QED) is 0.262. The molecule has 0 bridgehead atoms. The van der Waals surface area contributed by atoms with Gasteiger partial charge in [-0.2, -0.15) is 0 Å². The van der Waals surface area contributed by atoms with E-state index < -0.39 is 28.5 Å². The summed E-state index contributed by atoms with van der Waals surface area (Å²) in [7, 11) is -4.21. The molecule has 0 saturated carbocycles. The van der Waals surface area contributed by atoms with Crippen molar-refractivity contribution in [2.24, 2.45) is 5.92 Å². The average molecular weight is 621 g/mol. The number of halogens is 2. The number of ether oxygens (including phenoxy) is 1. The lowest BCUT2D eigenvalue weighted by Gasteiger charge is -2.32. The molecule has 0 aliphatic carbocycles. The van der Waals surface area contributed by atoms with Crippen LogP contribution in [0.3, 0.4) is 0 Å². The molecule has 11 heteroatoms. The van der Waals surface area contributed by atoms with Crippen LogP contribution in [0.2, 0.25) is 10.0 Å². The van der Waals surface area contributed by atoms with Crippen LogP contribution in [0.1, 0.15) is 33.3 Å². The molecule has 0 aliphatic heterocycles. The third-order valence-corrected chi connectivity index (χ3v) is 8.68. The minimum absolute atomic E-state index is 0.00683. The number of amides is 2. The third-order valence-electron chi connectivity index (χ3n) is 6.27. The topological polar surface area (TPSA) is 96.0 Å². The fourth-order valence-corrected chi connectivity index (χ4v) is 5.72. The van der Waals surface area contributed by atoms with Crippen LogP contribution in [-0.4, -0.2) is 50.9 Å². The zero-order chi connectivity index (χ0) is 30.2. The second-order valence-electron chi connectivity index (χ2n) is 9.82. The average Bonchev–Trinajstić information content (AvgIpc) is 2.94. The van der Waals surface area contributed by atoms with Crippen LogP contribution < -0.4 is 14.4 Å². The van der Waals surface area contributed by atoms with E-state index in [4.69, 9.17) is 27.9 Å².